The van der Waals surface area contributed by atoms with E-state index < -0.39 is 0 Å². The number of aromatic nitrogens is 3. The van der Waals surface area contributed by atoms with Crippen LogP contribution in [0.2, 0.25) is 0 Å². The molecule has 0 atom stereocenters. The fraction of sp³-hybridized carbons (Fsp3) is 0.0625. The number of para-hydroxylation sites is 3. The Hall–Kier alpha value is -6.85. The van der Waals surface area contributed by atoms with Crippen LogP contribution in [0.15, 0.2) is 174 Å². The van der Waals surface area contributed by atoms with E-state index in [0.717, 1.165) is 55.4 Å². The minimum Gasteiger partial charge on any atom is -0.454 e. The molecule has 53 heavy (non-hydrogen) atoms. The number of rotatable bonds is 5. The first kappa shape index (κ1) is 30.9. The molecule has 5 nitrogen and oxygen atoms in total. The molecule has 9 aromatic rings. The molecule has 7 aromatic carbocycles. The zero-order valence-corrected chi connectivity index (χ0v) is 29.4. The Kier molecular flexibility index (Phi) is 7.08. The van der Waals surface area contributed by atoms with Crippen molar-refractivity contribution in [1.82, 2.24) is 15.0 Å². The second kappa shape index (κ2) is 12.1. The van der Waals surface area contributed by atoms with Gasteiger partial charge in [-0.25, -0.2) is 15.0 Å². The third-order valence-corrected chi connectivity index (χ3v) is 10.5. The fourth-order valence-electron chi connectivity index (χ4n) is 7.82. The molecule has 5 heteroatoms. The van der Waals surface area contributed by atoms with Gasteiger partial charge in [0.25, 0.3) is 0 Å². The summed E-state index contributed by atoms with van der Waals surface area (Å²) < 4.78 is 6.82. The number of nitrogens with zero attached hydrogens (tertiary/aromatic N) is 4. The van der Waals surface area contributed by atoms with Gasteiger partial charge in [0.15, 0.2) is 23.1 Å². The van der Waals surface area contributed by atoms with Crippen LogP contribution in [-0.2, 0) is 5.41 Å². The average molecular weight is 683 g/mol. The highest BCUT2D eigenvalue weighted by Crippen LogP contribution is 2.53. The topological polar surface area (TPSA) is 55.1 Å². The van der Waals surface area contributed by atoms with E-state index in [0.29, 0.717) is 17.5 Å². The second-order valence-corrected chi connectivity index (χ2v) is 14.1. The van der Waals surface area contributed by atoms with Crippen molar-refractivity contribution in [2.24, 2.45) is 0 Å². The highest BCUT2D eigenvalue weighted by Gasteiger charge is 2.37. The smallest absolute Gasteiger partial charge is 0.164 e. The Morgan fingerprint density at radius 3 is 1.47 bits per heavy atom. The van der Waals surface area contributed by atoms with Gasteiger partial charge in [0.1, 0.15) is 5.58 Å². The van der Waals surface area contributed by atoms with Crippen LogP contribution in [0.25, 0.3) is 67.2 Å². The third kappa shape index (κ3) is 5.12. The largest absolute Gasteiger partial charge is 0.454 e. The van der Waals surface area contributed by atoms with Crippen molar-refractivity contribution < 1.29 is 4.42 Å². The van der Waals surface area contributed by atoms with Crippen LogP contribution < -0.4 is 4.90 Å². The van der Waals surface area contributed by atoms with Crippen LogP contribution in [0.3, 0.4) is 0 Å². The van der Waals surface area contributed by atoms with Gasteiger partial charge in [-0.2, -0.15) is 0 Å². The van der Waals surface area contributed by atoms with Crippen molar-refractivity contribution in [3.8, 4) is 45.3 Å². The maximum atomic E-state index is 6.82. The predicted molar refractivity (Wildman–Crippen MR) is 216 cm³/mol. The molecule has 252 valence electrons. The average Bonchev–Trinajstić information content (AvgIpc) is 3.60. The second-order valence-electron chi connectivity index (χ2n) is 14.1. The van der Waals surface area contributed by atoms with E-state index in [1.165, 1.54) is 22.5 Å². The van der Waals surface area contributed by atoms with Gasteiger partial charge in [-0.1, -0.05) is 153 Å². The van der Waals surface area contributed by atoms with Crippen LogP contribution in [0.1, 0.15) is 25.0 Å². The van der Waals surface area contributed by atoms with Crippen molar-refractivity contribution in [3.05, 3.63) is 181 Å². The lowest BCUT2D eigenvalue weighted by Gasteiger charge is -2.41. The Morgan fingerprint density at radius 1 is 0.415 bits per heavy atom. The molecule has 10 rings (SSSR count). The molecule has 0 N–H and O–H groups in total. The quantitative estimate of drug-likeness (QED) is 0.181. The highest BCUT2D eigenvalue weighted by atomic mass is 16.3. The SMILES string of the molecule is CC1(C)c2ccccc2N(c2cccc3c2oc2cc(-c4ccc(-c5nc(-c6ccccc6)nc(-c6ccccc6)n5)cc4)ccc23)c2ccccc21. The summed E-state index contributed by atoms with van der Waals surface area (Å²) in [5.74, 6) is 1.93. The molecule has 2 aromatic heterocycles. The van der Waals surface area contributed by atoms with Gasteiger partial charge in [-0.15, -0.1) is 0 Å². The predicted octanol–water partition coefficient (Wildman–Crippen LogP) is 12.5. The normalized spacial score (nSPS) is 13.2. The molecule has 0 unspecified atom stereocenters. The molecule has 0 saturated heterocycles. The Morgan fingerprint density at radius 2 is 0.887 bits per heavy atom. The van der Waals surface area contributed by atoms with Gasteiger partial charge in [0.05, 0.1) is 17.1 Å². The van der Waals surface area contributed by atoms with E-state index in [1.54, 1.807) is 0 Å². The zero-order valence-electron chi connectivity index (χ0n) is 29.4. The lowest BCUT2D eigenvalue weighted by Crippen LogP contribution is -2.30. The number of hydrogen-bond donors (Lipinski definition) is 0. The van der Waals surface area contributed by atoms with Crippen molar-refractivity contribution in [2.45, 2.75) is 19.3 Å². The number of hydrogen-bond acceptors (Lipinski definition) is 5. The highest BCUT2D eigenvalue weighted by molar-refractivity contribution is 6.11. The summed E-state index contributed by atoms with van der Waals surface area (Å²) in [7, 11) is 0. The van der Waals surface area contributed by atoms with Crippen LogP contribution in [0, 0.1) is 0 Å². The molecule has 0 fully saturated rings. The minimum atomic E-state index is -0.131. The van der Waals surface area contributed by atoms with Gasteiger partial charge in [-0.3, -0.25) is 0 Å². The standard InChI is InChI=1S/C48H34N4O/c1-48(2)38-19-9-11-21-40(38)52(41-22-12-10-20-39(41)48)42-23-13-18-37-36-29-28-35(30-43(36)53-44(37)42)31-24-26-34(27-25-31)47-50-45(32-14-5-3-6-15-32)49-46(51-47)33-16-7-4-8-17-33/h3-30H,1-2H3. The van der Waals surface area contributed by atoms with Gasteiger partial charge < -0.3 is 9.32 Å². The third-order valence-electron chi connectivity index (χ3n) is 10.5. The van der Waals surface area contributed by atoms with E-state index in [9.17, 15) is 0 Å². The maximum Gasteiger partial charge on any atom is 0.164 e. The summed E-state index contributed by atoms with van der Waals surface area (Å²) in [5.41, 5.74) is 12.5. The molecular formula is C48H34N4O. The first-order chi connectivity index (χ1) is 26.0. The van der Waals surface area contributed by atoms with Crippen LogP contribution in [0.4, 0.5) is 17.1 Å². The summed E-state index contributed by atoms with van der Waals surface area (Å²) >= 11 is 0. The monoisotopic (exact) mass is 682 g/mol. The summed E-state index contributed by atoms with van der Waals surface area (Å²) in [6.45, 7) is 4.62. The maximum absolute atomic E-state index is 6.82. The molecule has 0 aliphatic carbocycles. The van der Waals surface area contributed by atoms with Crippen molar-refractivity contribution in [2.75, 3.05) is 4.90 Å². The molecule has 0 saturated carbocycles. The van der Waals surface area contributed by atoms with Crippen molar-refractivity contribution in [3.63, 3.8) is 0 Å². The van der Waals surface area contributed by atoms with Gasteiger partial charge in [0.2, 0.25) is 0 Å². The molecular weight excluding hydrogens is 649 g/mol. The zero-order chi connectivity index (χ0) is 35.5. The van der Waals surface area contributed by atoms with Gasteiger partial charge in [-0.05, 0) is 52.6 Å². The van der Waals surface area contributed by atoms with E-state index in [4.69, 9.17) is 19.4 Å². The van der Waals surface area contributed by atoms with E-state index in [-0.39, 0.29) is 5.41 Å². The molecule has 1 aliphatic heterocycles. The van der Waals surface area contributed by atoms with Crippen molar-refractivity contribution >= 4 is 39.0 Å². The van der Waals surface area contributed by atoms with Crippen LogP contribution in [0.5, 0.6) is 0 Å². The Balaban J connectivity index is 1.04. The van der Waals surface area contributed by atoms with Crippen molar-refractivity contribution in [1.29, 1.82) is 0 Å². The van der Waals surface area contributed by atoms with Gasteiger partial charge >= 0.3 is 0 Å². The molecule has 0 radical (unpaired) electrons. The first-order valence-electron chi connectivity index (χ1n) is 18.0. The van der Waals surface area contributed by atoms with E-state index in [1.807, 2.05) is 60.7 Å². The molecule has 3 heterocycles. The molecule has 0 amide bonds. The first-order valence-corrected chi connectivity index (χ1v) is 18.0. The van der Waals surface area contributed by atoms with Crippen LogP contribution in [-0.4, -0.2) is 15.0 Å². The van der Waals surface area contributed by atoms with E-state index >= 15 is 0 Å². The molecule has 0 bridgehead atoms. The lowest BCUT2D eigenvalue weighted by atomic mass is 9.73. The summed E-state index contributed by atoms with van der Waals surface area (Å²) in [5, 5.41) is 2.19. The number of furan rings is 1. The Bertz CT molecular complexity index is 2700. The molecule has 1 aliphatic rings. The number of fused-ring (bicyclic) bond motifs is 5. The van der Waals surface area contributed by atoms with Gasteiger partial charge in [0, 0.05) is 32.9 Å². The summed E-state index contributed by atoms with van der Waals surface area (Å²) in [6, 6.07) is 59.0. The fourth-order valence-corrected chi connectivity index (χ4v) is 7.82. The summed E-state index contributed by atoms with van der Waals surface area (Å²) in [4.78, 5) is 17.0. The number of anilines is 3. The van der Waals surface area contributed by atoms with Crippen LogP contribution >= 0.6 is 0 Å². The van der Waals surface area contributed by atoms with E-state index in [2.05, 4.69) is 128 Å². The lowest BCUT2D eigenvalue weighted by molar-refractivity contribution is 0.630. The Labute approximate surface area is 307 Å². The number of benzene rings is 7. The molecule has 0 spiro atoms. The summed E-state index contributed by atoms with van der Waals surface area (Å²) in [6.07, 6.45) is 0. The minimum absolute atomic E-state index is 0.131.